The van der Waals surface area contributed by atoms with Gasteiger partial charge in [0, 0.05) is 26.8 Å². The summed E-state index contributed by atoms with van der Waals surface area (Å²) < 4.78 is 10.6. The third kappa shape index (κ3) is 8.06. The van der Waals surface area contributed by atoms with E-state index in [9.17, 15) is 0 Å². The Labute approximate surface area is 118 Å². The Hall–Kier alpha value is -0.810. The minimum atomic E-state index is 0.0771. The predicted molar refractivity (Wildman–Crippen MR) is 80.7 cm³/mol. The molecule has 19 heavy (non-hydrogen) atoms. The van der Waals surface area contributed by atoms with Gasteiger partial charge in [-0.3, -0.25) is 4.99 Å². The topological polar surface area (TPSA) is 54.9 Å². The number of nitrogens with one attached hydrogen (secondary N) is 2. The zero-order valence-electron chi connectivity index (χ0n) is 13.5. The van der Waals surface area contributed by atoms with Crippen LogP contribution in [0.5, 0.6) is 0 Å². The van der Waals surface area contributed by atoms with Gasteiger partial charge in [-0.15, -0.1) is 0 Å². The molecule has 0 aliphatic rings. The summed E-state index contributed by atoms with van der Waals surface area (Å²) in [5, 5.41) is 6.54. The summed E-state index contributed by atoms with van der Waals surface area (Å²) in [6, 6.07) is 0.221. The van der Waals surface area contributed by atoms with Crippen molar-refractivity contribution >= 4 is 5.96 Å². The number of methoxy groups -OCH3 is 2. The number of ether oxygens (including phenoxy) is 2. The van der Waals surface area contributed by atoms with Gasteiger partial charge in [0.25, 0.3) is 0 Å². The fourth-order valence-electron chi connectivity index (χ4n) is 1.72. The van der Waals surface area contributed by atoms with Crippen LogP contribution in [0.3, 0.4) is 0 Å². The summed E-state index contributed by atoms with van der Waals surface area (Å²) in [7, 11) is 3.43. The highest BCUT2D eigenvalue weighted by Crippen LogP contribution is 2.21. The molecule has 0 aromatic carbocycles. The number of hydrogen-bond acceptors (Lipinski definition) is 3. The Morgan fingerprint density at radius 2 is 1.89 bits per heavy atom. The Morgan fingerprint density at radius 1 is 1.26 bits per heavy atom. The minimum Gasteiger partial charge on any atom is -0.383 e. The molecule has 0 saturated carbocycles. The van der Waals surface area contributed by atoms with E-state index in [1.54, 1.807) is 14.2 Å². The molecule has 0 bridgehead atoms. The molecule has 2 atom stereocenters. The second kappa shape index (κ2) is 9.15. The highest BCUT2D eigenvalue weighted by Gasteiger charge is 2.24. The highest BCUT2D eigenvalue weighted by molar-refractivity contribution is 5.80. The summed E-state index contributed by atoms with van der Waals surface area (Å²) in [4.78, 5) is 4.59. The van der Waals surface area contributed by atoms with E-state index in [0.29, 0.717) is 13.2 Å². The summed E-state index contributed by atoms with van der Waals surface area (Å²) in [6.45, 7) is 12.7. The van der Waals surface area contributed by atoms with Gasteiger partial charge in [0.1, 0.15) is 0 Å². The minimum absolute atomic E-state index is 0.0771. The van der Waals surface area contributed by atoms with Crippen LogP contribution in [0.4, 0.5) is 0 Å². The van der Waals surface area contributed by atoms with Gasteiger partial charge >= 0.3 is 0 Å². The second-order valence-corrected chi connectivity index (χ2v) is 5.81. The van der Waals surface area contributed by atoms with Crippen LogP contribution in [0.2, 0.25) is 0 Å². The molecule has 0 aliphatic heterocycles. The molecule has 0 rings (SSSR count). The molecule has 5 nitrogen and oxygen atoms in total. The van der Waals surface area contributed by atoms with Crippen LogP contribution in [-0.2, 0) is 9.47 Å². The lowest BCUT2D eigenvalue weighted by Gasteiger charge is -2.28. The summed E-state index contributed by atoms with van der Waals surface area (Å²) >= 11 is 0. The van der Waals surface area contributed by atoms with E-state index in [1.807, 2.05) is 0 Å². The maximum atomic E-state index is 5.51. The van der Waals surface area contributed by atoms with Gasteiger partial charge < -0.3 is 20.1 Å². The van der Waals surface area contributed by atoms with Crippen molar-refractivity contribution < 1.29 is 9.47 Å². The van der Waals surface area contributed by atoms with Crippen molar-refractivity contribution in [1.29, 1.82) is 0 Å². The quantitative estimate of drug-likeness (QED) is 0.547. The molecule has 0 aromatic rings. The first-order valence-corrected chi connectivity index (χ1v) is 6.91. The zero-order chi connectivity index (χ0) is 14.9. The van der Waals surface area contributed by atoms with Crippen LogP contribution in [0.1, 0.15) is 34.6 Å². The molecule has 2 unspecified atom stereocenters. The molecule has 0 saturated heterocycles. The Balaban J connectivity index is 4.55. The normalized spacial score (nSPS) is 16.1. The molecule has 0 amide bonds. The molecular formula is C14H31N3O2. The van der Waals surface area contributed by atoms with Crippen LogP contribution in [-0.4, -0.2) is 52.0 Å². The molecule has 114 valence electrons. The van der Waals surface area contributed by atoms with Crippen molar-refractivity contribution in [2.75, 3.05) is 33.9 Å². The fraction of sp³-hybridized carbons (Fsp3) is 0.929. The molecule has 0 heterocycles. The standard InChI is InChI=1S/C14H31N3O2/c1-8-15-13(17-11(2)10-18-6)16-9-12(19-7)14(3,4)5/h11-12H,8-10H2,1-7H3,(H2,15,16,17). The maximum Gasteiger partial charge on any atom is 0.191 e. The van der Waals surface area contributed by atoms with E-state index >= 15 is 0 Å². The van der Waals surface area contributed by atoms with E-state index in [4.69, 9.17) is 9.47 Å². The lowest BCUT2D eigenvalue weighted by Crippen LogP contribution is -2.44. The van der Waals surface area contributed by atoms with Crippen molar-refractivity contribution in [1.82, 2.24) is 10.6 Å². The summed E-state index contributed by atoms with van der Waals surface area (Å²) in [5.41, 5.74) is 0.0771. The number of hydrogen-bond donors (Lipinski definition) is 2. The van der Waals surface area contributed by atoms with Crippen LogP contribution < -0.4 is 10.6 Å². The fourth-order valence-corrected chi connectivity index (χ4v) is 1.72. The first-order valence-electron chi connectivity index (χ1n) is 6.91. The average Bonchev–Trinajstić information content (AvgIpc) is 2.28. The third-order valence-electron chi connectivity index (χ3n) is 2.81. The Morgan fingerprint density at radius 3 is 2.32 bits per heavy atom. The average molecular weight is 273 g/mol. The van der Waals surface area contributed by atoms with Gasteiger partial charge in [0.2, 0.25) is 0 Å². The Bertz CT molecular complexity index is 262. The van der Waals surface area contributed by atoms with Crippen LogP contribution >= 0.6 is 0 Å². The third-order valence-corrected chi connectivity index (χ3v) is 2.81. The van der Waals surface area contributed by atoms with Crippen LogP contribution in [0.15, 0.2) is 4.99 Å². The van der Waals surface area contributed by atoms with E-state index in [-0.39, 0.29) is 17.6 Å². The largest absolute Gasteiger partial charge is 0.383 e. The molecule has 0 fully saturated rings. The van der Waals surface area contributed by atoms with Gasteiger partial charge in [-0.25, -0.2) is 0 Å². The lowest BCUT2D eigenvalue weighted by atomic mass is 9.89. The van der Waals surface area contributed by atoms with Gasteiger partial charge in [0.15, 0.2) is 5.96 Å². The van der Waals surface area contributed by atoms with E-state index in [2.05, 4.69) is 50.2 Å². The lowest BCUT2D eigenvalue weighted by molar-refractivity contribution is 0.0241. The van der Waals surface area contributed by atoms with Crippen molar-refractivity contribution in [3.63, 3.8) is 0 Å². The van der Waals surface area contributed by atoms with Crippen molar-refractivity contribution in [3.8, 4) is 0 Å². The highest BCUT2D eigenvalue weighted by atomic mass is 16.5. The number of rotatable bonds is 7. The SMILES string of the molecule is CCNC(=NCC(OC)C(C)(C)C)NC(C)COC. The van der Waals surface area contributed by atoms with E-state index in [1.165, 1.54) is 0 Å². The number of aliphatic imine (C=N–C) groups is 1. The van der Waals surface area contributed by atoms with Gasteiger partial charge in [-0.05, 0) is 19.3 Å². The Kier molecular flexibility index (Phi) is 8.76. The number of nitrogens with zero attached hydrogens (tertiary/aromatic N) is 1. The van der Waals surface area contributed by atoms with Gasteiger partial charge in [0.05, 0.1) is 19.3 Å². The van der Waals surface area contributed by atoms with Gasteiger partial charge in [-0.2, -0.15) is 0 Å². The predicted octanol–water partition coefficient (Wildman–Crippen LogP) is 1.64. The monoisotopic (exact) mass is 273 g/mol. The van der Waals surface area contributed by atoms with Crippen molar-refractivity contribution in [3.05, 3.63) is 0 Å². The maximum absolute atomic E-state index is 5.51. The molecule has 2 N–H and O–H groups in total. The second-order valence-electron chi connectivity index (χ2n) is 5.81. The zero-order valence-corrected chi connectivity index (χ0v) is 13.5. The van der Waals surface area contributed by atoms with Crippen LogP contribution in [0, 0.1) is 5.41 Å². The van der Waals surface area contributed by atoms with E-state index < -0.39 is 0 Å². The van der Waals surface area contributed by atoms with Crippen molar-refractivity contribution in [2.24, 2.45) is 10.4 Å². The van der Waals surface area contributed by atoms with Crippen LogP contribution in [0.25, 0.3) is 0 Å². The number of guanidine groups is 1. The van der Waals surface area contributed by atoms with Crippen molar-refractivity contribution in [2.45, 2.75) is 46.8 Å². The molecule has 0 radical (unpaired) electrons. The van der Waals surface area contributed by atoms with E-state index in [0.717, 1.165) is 12.5 Å². The molecular weight excluding hydrogens is 242 g/mol. The van der Waals surface area contributed by atoms with Gasteiger partial charge in [-0.1, -0.05) is 20.8 Å². The summed E-state index contributed by atoms with van der Waals surface area (Å²) in [5.74, 6) is 0.804. The molecule has 0 aliphatic carbocycles. The molecule has 5 heteroatoms. The first kappa shape index (κ1) is 18.2. The smallest absolute Gasteiger partial charge is 0.191 e. The molecule has 0 aromatic heterocycles. The first-order chi connectivity index (χ1) is 8.85. The molecule has 0 spiro atoms. The summed E-state index contributed by atoms with van der Waals surface area (Å²) in [6.07, 6.45) is 0.0979.